The van der Waals surface area contributed by atoms with Gasteiger partial charge in [-0.1, -0.05) is 60.7 Å². The highest BCUT2D eigenvalue weighted by atomic mass is 32.2. The zero-order chi connectivity index (χ0) is 16.0. The molecule has 0 radical (unpaired) electrons. The fraction of sp³-hybridized carbons (Fsp3) is 0.235. The van der Waals surface area contributed by atoms with Gasteiger partial charge in [0.25, 0.3) is 0 Å². The fourth-order valence-electron chi connectivity index (χ4n) is 2.11. The third-order valence-corrected chi connectivity index (χ3v) is 4.87. The molecule has 0 amide bonds. The molecule has 0 aliphatic rings. The van der Waals surface area contributed by atoms with Crippen LogP contribution in [0.25, 0.3) is 0 Å². The molecule has 0 heterocycles. The summed E-state index contributed by atoms with van der Waals surface area (Å²) in [6, 6.07) is 17.1. The standard InChI is InChI=1S/C17H18O4S/c1-2-21-17(16(18)15-11-7-4-8-12-15)22(19,20)13-14-9-5-3-6-10-14/h3-12,17H,2,13H2,1H3. The Labute approximate surface area is 130 Å². The summed E-state index contributed by atoms with van der Waals surface area (Å²) in [5, 5.41) is 0. The molecule has 0 N–H and O–H groups in total. The minimum Gasteiger partial charge on any atom is -0.355 e. The van der Waals surface area contributed by atoms with E-state index < -0.39 is 21.1 Å². The van der Waals surface area contributed by atoms with Crippen molar-refractivity contribution in [2.75, 3.05) is 6.61 Å². The van der Waals surface area contributed by atoms with Gasteiger partial charge in [-0.2, -0.15) is 0 Å². The number of carbonyl (C=O) groups is 1. The first kappa shape index (κ1) is 16.4. The van der Waals surface area contributed by atoms with Gasteiger partial charge in [0.2, 0.25) is 11.2 Å². The van der Waals surface area contributed by atoms with Crippen LogP contribution in [0.2, 0.25) is 0 Å². The van der Waals surface area contributed by atoms with E-state index in [1.807, 2.05) is 6.07 Å². The first-order chi connectivity index (χ1) is 10.5. The van der Waals surface area contributed by atoms with Gasteiger partial charge in [0, 0.05) is 12.2 Å². The van der Waals surface area contributed by atoms with E-state index in [0.717, 1.165) is 0 Å². The van der Waals surface area contributed by atoms with Crippen LogP contribution in [0.15, 0.2) is 60.7 Å². The maximum atomic E-state index is 12.6. The molecule has 0 saturated carbocycles. The Hall–Kier alpha value is -1.98. The second-order valence-electron chi connectivity index (χ2n) is 4.81. The molecule has 0 bridgehead atoms. The van der Waals surface area contributed by atoms with Crippen LogP contribution >= 0.6 is 0 Å². The molecular weight excluding hydrogens is 300 g/mol. The van der Waals surface area contributed by atoms with Crippen LogP contribution < -0.4 is 0 Å². The highest BCUT2D eigenvalue weighted by molar-refractivity contribution is 7.91. The summed E-state index contributed by atoms with van der Waals surface area (Å²) >= 11 is 0. The number of carbonyl (C=O) groups excluding carboxylic acids is 1. The summed E-state index contributed by atoms with van der Waals surface area (Å²) in [6.45, 7) is 1.82. The normalized spacial score (nSPS) is 12.8. The molecule has 2 rings (SSSR count). The average molecular weight is 318 g/mol. The fourth-order valence-corrected chi connectivity index (χ4v) is 3.73. The second-order valence-corrected chi connectivity index (χ2v) is 6.85. The van der Waals surface area contributed by atoms with E-state index in [1.54, 1.807) is 61.5 Å². The molecular formula is C17H18O4S. The molecule has 2 aromatic carbocycles. The predicted molar refractivity (Wildman–Crippen MR) is 85.3 cm³/mol. The predicted octanol–water partition coefficient (Wildman–Crippen LogP) is 2.85. The Kier molecular flexibility index (Phi) is 5.46. The Bertz CT molecular complexity index is 709. The van der Waals surface area contributed by atoms with Crippen LogP contribution in [0.3, 0.4) is 0 Å². The number of hydrogen-bond donors (Lipinski definition) is 0. The van der Waals surface area contributed by atoms with Crippen molar-refractivity contribution in [2.45, 2.75) is 18.1 Å². The molecule has 0 aliphatic heterocycles. The molecule has 116 valence electrons. The molecule has 0 spiro atoms. The van der Waals surface area contributed by atoms with Crippen molar-refractivity contribution >= 4 is 15.6 Å². The summed E-state index contributed by atoms with van der Waals surface area (Å²) in [6.07, 6.45) is 0. The lowest BCUT2D eigenvalue weighted by atomic mass is 10.1. The van der Waals surface area contributed by atoms with Gasteiger partial charge in [0.1, 0.15) is 0 Å². The lowest BCUT2D eigenvalue weighted by molar-refractivity contribution is 0.0685. The molecule has 1 unspecified atom stereocenters. The lowest BCUT2D eigenvalue weighted by Gasteiger charge is -2.16. The minimum atomic E-state index is -3.76. The average Bonchev–Trinajstić information content (AvgIpc) is 2.53. The third kappa shape index (κ3) is 4.02. The van der Waals surface area contributed by atoms with Crippen molar-refractivity contribution in [3.8, 4) is 0 Å². The van der Waals surface area contributed by atoms with Crippen LogP contribution in [-0.2, 0) is 20.3 Å². The Morgan fingerprint density at radius 3 is 2.09 bits per heavy atom. The topological polar surface area (TPSA) is 60.4 Å². The Morgan fingerprint density at radius 1 is 1.00 bits per heavy atom. The number of Topliss-reactive ketones (excluding diaryl/α,β-unsaturated/α-hetero) is 1. The zero-order valence-electron chi connectivity index (χ0n) is 12.3. The maximum absolute atomic E-state index is 12.6. The van der Waals surface area contributed by atoms with E-state index in [-0.39, 0.29) is 12.4 Å². The van der Waals surface area contributed by atoms with Crippen LogP contribution in [0.1, 0.15) is 22.8 Å². The summed E-state index contributed by atoms with van der Waals surface area (Å²) in [4.78, 5) is 12.5. The van der Waals surface area contributed by atoms with E-state index in [2.05, 4.69) is 0 Å². The van der Waals surface area contributed by atoms with E-state index in [1.165, 1.54) is 0 Å². The van der Waals surface area contributed by atoms with Crippen LogP contribution in [-0.4, -0.2) is 26.2 Å². The van der Waals surface area contributed by atoms with Crippen LogP contribution in [0, 0.1) is 0 Å². The minimum absolute atomic E-state index is 0.150. The van der Waals surface area contributed by atoms with Gasteiger partial charge in [-0.05, 0) is 12.5 Å². The molecule has 0 aromatic heterocycles. The summed E-state index contributed by atoms with van der Waals surface area (Å²) < 4.78 is 30.4. The van der Waals surface area contributed by atoms with Gasteiger partial charge < -0.3 is 4.74 Å². The van der Waals surface area contributed by atoms with Gasteiger partial charge in [-0.25, -0.2) is 8.42 Å². The van der Waals surface area contributed by atoms with Crippen molar-refractivity contribution in [1.82, 2.24) is 0 Å². The van der Waals surface area contributed by atoms with Crippen molar-refractivity contribution < 1.29 is 17.9 Å². The Balaban J connectivity index is 2.28. The van der Waals surface area contributed by atoms with Crippen molar-refractivity contribution in [3.05, 3.63) is 71.8 Å². The first-order valence-electron chi connectivity index (χ1n) is 7.01. The lowest BCUT2D eigenvalue weighted by Crippen LogP contribution is -2.34. The molecule has 22 heavy (non-hydrogen) atoms. The molecule has 5 heteroatoms. The molecule has 1 atom stereocenters. The monoisotopic (exact) mass is 318 g/mol. The summed E-state index contributed by atoms with van der Waals surface area (Å²) in [5.41, 5.74) is -0.509. The Morgan fingerprint density at radius 2 is 1.55 bits per heavy atom. The van der Waals surface area contributed by atoms with Gasteiger partial charge in [0.05, 0.1) is 5.75 Å². The number of ketones is 1. The van der Waals surface area contributed by atoms with E-state index in [4.69, 9.17) is 4.74 Å². The van der Waals surface area contributed by atoms with E-state index in [0.29, 0.717) is 11.1 Å². The highest BCUT2D eigenvalue weighted by Crippen LogP contribution is 2.17. The highest BCUT2D eigenvalue weighted by Gasteiger charge is 2.33. The zero-order valence-corrected chi connectivity index (χ0v) is 13.1. The number of rotatable bonds is 7. The molecule has 0 fully saturated rings. The maximum Gasteiger partial charge on any atom is 0.221 e. The smallest absolute Gasteiger partial charge is 0.221 e. The van der Waals surface area contributed by atoms with Gasteiger partial charge in [-0.3, -0.25) is 4.79 Å². The first-order valence-corrected chi connectivity index (χ1v) is 8.72. The van der Waals surface area contributed by atoms with E-state index >= 15 is 0 Å². The van der Waals surface area contributed by atoms with E-state index in [9.17, 15) is 13.2 Å². The van der Waals surface area contributed by atoms with Crippen molar-refractivity contribution in [1.29, 1.82) is 0 Å². The SMILES string of the molecule is CCOC(C(=O)c1ccccc1)S(=O)(=O)Cc1ccccc1. The molecule has 0 saturated heterocycles. The molecule has 2 aromatic rings. The van der Waals surface area contributed by atoms with Crippen LogP contribution in [0.4, 0.5) is 0 Å². The van der Waals surface area contributed by atoms with Crippen molar-refractivity contribution in [2.24, 2.45) is 0 Å². The van der Waals surface area contributed by atoms with Crippen LogP contribution in [0.5, 0.6) is 0 Å². The number of hydrogen-bond acceptors (Lipinski definition) is 4. The second kappa shape index (κ2) is 7.33. The number of ether oxygens (including phenoxy) is 1. The van der Waals surface area contributed by atoms with Gasteiger partial charge >= 0.3 is 0 Å². The largest absolute Gasteiger partial charge is 0.355 e. The quantitative estimate of drug-likeness (QED) is 0.737. The molecule has 4 nitrogen and oxygen atoms in total. The summed E-state index contributed by atoms with van der Waals surface area (Å²) in [7, 11) is -3.76. The number of sulfone groups is 1. The third-order valence-electron chi connectivity index (χ3n) is 3.13. The van der Waals surface area contributed by atoms with Crippen molar-refractivity contribution in [3.63, 3.8) is 0 Å². The summed E-state index contributed by atoms with van der Waals surface area (Å²) in [5.74, 6) is -0.754. The van der Waals surface area contributed by atoms with Gasteiger partial charge in [-0.15, -0.1) is 0 Å². The van der Waals surface area contributed by atoms with Gasteiger partial charge in [0.15, 0.2) is 9.84 Å². The number of benzene rings is 2. The molecule has 0 aliphatic carbocycles.